The molecule has 28 rings (SSSR count). The van der Waals surface area contributed by atoms with E-state index in [1.807, 2.05) is 104 Å². The Labute approximate surface area is 830 Å². The molecule has 20 heterocycles. The number of rotatable bonds is 10. The Morgan fingerprint density at radius 2 is 0.424 bits per heavy atom. The summed E-state index contributed by atoms with van der Waals surface area (Å²) in [6.45, 7) is 30.3. The summed E-state index contributed by atoms with van der Waals surface area (Å²) in [6.07, 6.45) is 21.6. The lowest BCUT2D eigenvalue weighted by atomic mass is 10.1. The van der Waals surface area contributed by atoms with Gasteiger partial charge in [0.2, 0.25) is 28.6 Å². The molecule has 144 heavy (non-hydrogen) atoms. The molecule has 0 spiro atoms. The number of aromatic nitrogens is 12. The topological polar surface area (TPSA) is 253 Å². The van der Waals surface area contributed by atoms with E-state index in [1.165, 1.54) is 5.56 Å². The van der Waals surface area contributed by atoms with Crippen LogP contribution in [0.3, 0.4) is 0 Å². The second kappa shape index (κ2) is 35.8. The van der Waals surface area contributed by atoms with E-state index in [9.17, 15) is 0 Å². The Hall–Kier alpha value is -17.9. The van der Waals surface area contributed by atoms with E-state index in [4.69, 9.17) is 37.0 Å². The van der Waals surface area contributed by atoms with Gasteiger partial charge in [-0.2, -0.15) is 0 Å². The standard InChI is InChI=1S/2C25H20N4O.C24H19N5O.C22H22N4O.C21H21N5O/c1-16-12-13-19-20-10-6-15-27-25(20)30-23(19)22(16)29-17(2)28(18-8-4-3-5-9-18)24-21(29)11-7-14-26-24;1-16-12-13-19-20-10-6-15-27-25(20)30-23(19)22(16)29-17(2)28(18-8-4-3-5-9-18)21-11-7-14-26-24(21)29;1-15-10-11-18-19-9-6-12-27-24(19)30-21(18)20(15)29-16(2)28(17-7-4-3-5-8-17)22-23(29)26-14-13-25-22;1-13(2)25-15(4)26(18-8-6-11-23-21(18)25)19-14(3)9-10-16-17-7-5-12-24-22(17)27-20(16)19;1-12(2)25-14(4)26(20-19(25)22-10-11-23-20)17-13(3)7-8-15-16-6-5-9-24-21(16)27-18(15)17/h2*3-15,17H,1-2H3;3-14,16H,1-2H3;5-13,15H,1-4H3;5-12,14H,1-4H3/t2*17-;16-;15-;14-/m00000/s1. The Morgan fingerprint density at radius 3 is 0.785 bits per heavy atom. The van der Waals surface area contributed by atoms with E-state index < -0.39 is 0 Å². The van der Waals surface area contributed by atoms with Gasteiger partial charge in [0, 0.05) is 157 Å². The van der Waals surface area contributed by atoms with Crippen molar-refractivity contribution < 1.29 is 22.1 Å². The van der Waals surface area contributed by atoms with E-state index in [1.54, 1.807) is 55.8 Å². The minimum atomic E-state index is -0.0322. The van der Waals surface area contributed by atoms with Crippen LogP contribution in [0.4, 0.5) is 103 Å². The highest BCUT2D eigenvalue weighted by Crippen LogP contribution is 2.56. The van der Waals surface area contributed by atoms with Gasteiger partial charge in [-0.25, -0.2) is 59.8 Å². The van der Waals surface area contributed by atoms with Gasteiger partial charge in [-0.3, -0.25) is 14.7 Å². The fourth-order valence-corrected chi connectivity index (χ4v) is 22.0. The zero-order valence-electron chi connectivity index (χ0n) is 82.0. The van der Waals surface area contributed by atoms with Gasteiger partial charge < -0.3 is 56.4 Å². The first-order valence-electron chi connectivity index (χ1n) is 48.7. The Balaban J connectivity index is 0.0000000969. The van der Waals surface area contributed by atoms with E-state index in [0.717, 1.165) is 207 Å². The van der Waals surface area contributed by atoms with Crippen molar-refractivity contribution in [3.8, 4) is 0 Å². The molecule has 27 nitrogen and oxygen atoms in total. The Morgan fingerprint density at radius 1 is 0.194 bits per heavy atom. The van der Waals surface area contributed by atoms with Crippen molar-refractivity contribution in [2.75, 3.05) is 49.0 Å². The van der Waals surface area contributed by atoms with Gasteiger partial charge in [-0.1, -0.05) is 115 Å². The SMILES string of the molecule is Cc1ccc2c(oc3ncccc32)c1N1c2cccnc2N(C(C)C)[C@@H]1C.Cc1ccc2c(oc3ncccc32)c1N1c2cccnc2N(c2ccccc2)[C@@H]1C.Cc1ccc2c(oc3ncccc32)c1N1c2ncccc2N(c2ccccc2)[C@@H]1C.Cc1ccc2c(oc3ncccc32)c1N1c2nccnc2N(C(C)C)[C@@H]1C.Cc1ccc2c(oc3ncccc32)c1N1c2nccnc2N(c2ccccc2)[C@@H]1C. The minimum absolute atomic E-state index is 0.0303. The molecule has 8 aromatic carbocycles. The summed E-state index contributed by atoms with van der Waals surface area (Å²) < 4.78 is 31.3. The summed E-state index contributed by atoms with van der Waals surface area (Å²) in [5.41, 5.74) is 25.1. The Bertz CT molecular complexity index is 8180. The van der Waals surface area contributed by atoms with Gasteiger partial charge in [0.15, 0.2) is 68.6 Å². The lowest BCUT2D eigenvalue weighted by molar-refractivity contribution is 0.597. The lowest BCUT2D eigenvalue weighted by Crippen LogP contribution is -2.42. The van der Waals surface area contributed by atoms with Gasteiger partial charge in [0.05, 0.1) is 45.5 Å². The summed E-state index contributed by atoms with van der Waals surface area (Å²) in [5, 5.41) is 10.5. The quantitative estimate of drug-likeness (QED) is 0.123. The van der Waals surface area contributed by atoms with E-state index in [0.29, 0.717) is 40.7 Å². The summed E-state index contributed by atoms with van der Waals surface area (Å²) in [5.74, 6) is 6.32. The number of para-hydroxylation sites is 3. The second-order valence-corrected chi connectivity index (χ2v) is 37.4. The molecule has 0 bridgehead atoms. The van der Waals surface area contributed by atoms with Crippen molar-refractivity contribution in [3.05, 3.63) is 351 Å². The number of pyridine rings is 8. The number of anilines is 18. The molecule has 15 aromatic heterocycles. The van der Waals surface area contributed by atoms with Gasteiger partial charge in [0.25, 0.3) is 0 Å². The highest BCUT2D eigenvalue weighted by atomic mass is 16.4. The average Bonchev–Trinajstić information content (AvgIpc) is 1.58. The molecule has 5 atom stereocenters. The molecule has 0 N–H and O–H groups in total. The molecule has 0 aliphatic carbocycles. The molecule has 0 amide bonds. The van der Waals surface area contributed by atoms with Crippen LogP contribution in [0.2, 0.25) is 0 Å². The summed E-state index contributed by atoms with van der Waals surface area (Å²) >= 11 is 0. The number of furan rings is 5. The highest BCUT2D eigenvalue weighted by Gasteiger charge is 2.45. The van der Waals surface area contributed by atoms with Gasteiger partial charge >= 0.3 is 0 Å². The average molecular weight is 1900 g/mol. The molecule has 0 radical (unpaired) electrons. The number of fused-ring (bicyclic) bond motifs is 20. The third-order valence-electron chi connectivity index (χ3n) is 28.2. The van der Waals surface area contributed by atoms with Crippen LogP contribution in [0.25, 0.3) is 110 Å². The number of hydrogen-bond donors (Lipinski definition) is 0. The first-order chi connectivity index (χ1) is 70.4. The molecule has 0 fully saturated rings. The van der Waals surface area contributed by atoms with Crippen molar-refractivity contribution in [1.29, 1.82) is 0 Å². The smallest absolute Gasteiger partial charge is 0.227 e. The van der Waals surface area contributed by atoms with E-state index in [2.05, 4.69) is 355 Å². The molecule has 0 saturated carbocycles. The molecule has 27 heteroatoms. The van der Waals surface area contributed by atoms with Crippen LogP contribution >= 0.6 is 0 Å². The maximum atomic E-state index is 6.29. The van der Waals surface area contributed by atoms with E-state index in [-0.39, 0.29) is 30.8 Å². The molecule has 5 aliphatic heterocycles. The number of nitrogens with zero attached hydrogens (tertiary/aromatic N) is 22. The van der Waals surface area contributed by atoms with Crippen LogP contribution in [0.1, 0.15) is 90.1 Å². The third kappa shape index (κ3) is 14.4. The maximum absolute atomic E-state index is 6.29. The zero-order chi connectivity index (χ0) is 98.1. The second-order valence-electron chi connectivity index (χ2n) is 37.4. The number of benzene rings is 8. The molecular weight excluding hydrogens is 1790 g/mol. The summed E-state index contributed by atoms with van der Waals surface area (Å²) in [7, 11) is 0. The summed E-state index contributed by atoms with van der Waals surface area (Å²) in [6, 6.07) is 85.5. The Kier molecular flexibility index (Phi) is 22.1. The van der Waals surface area contributed by atoms with Crippen molar-refractivity contribution >= 4 is 214 Å². The molecule has 0 saturated heterocycles. The van der Waals surface area contributed by atoms with Crippen LogP contribution in [0.15, 0.2) is 345 Å². The largest absolute Gasteiger partial charge is 0.435 e. The van der Waals surface area contributed by atoms with Crippen LogP contribution in [0.5, 0.6) is 0 Å². The number of aryl methyl sites for hydroxylation is 5. The fraction of sp³-hybridized carbons (Fsp3) is 0.179. The van der Waals surface area contributed by atoms with Crippen molar-refractivity contribution in [3.63, 3.8) is 0 Å². The normalized spacial score (nSPS) is 16.2. The third-order valence-corrected chi connectivity index (χ3v) is 28.2. The van der Waals surface area contributed by atoms with Crippen molar-refractivity contribution in [2.45, 2.75) is 140 Å². The predicted molar refractivity (Wildman–Crippen MR) is 577 cm³/mol. The number of hydrogen-bond acceptors (Lipinski definition) is 27. The van der Waals surface area contributed by atoms with Crippen molar-refractivity contribution in [2.24, 2.45) is 0 Å². The molecule has 0 unspecified atom stereocenters. The monoisotopic (exact) mass is 1890 g/mol. The van der Waals surface area contributed by atoms with E-state index >= 15 is 0 Å². The predicted octanol–water partition coefficient (Wildman–Crippen LogP) is 28.5. The molecule has 5 aliphatic rings. The fourth-order valence-electron chi connectivity index (χ4n) is 22.0. The van der Waals surface area contributed by atoms with Crippen LogP contribution in [-0.2, 0) is 0 Å². The van der Waals surface area contributed by atoms with Crippen LogP contribution in [0, 0.1) is 34.6 Å². The van der Waals surface area contributed by atoms with Crippen LogP contribution in [-0.4, -0.2) is 103 Å². The molecule has 710 valence electrons. The van der Waals surface area contributed by atoms with Gasteiger partial charge in [0.1, 0.15) is 30.8 Å². The lowest BCUT2D eigenvalue weighted by Gasteiger charge is -2.33. The minimum Gasteiger partial charge on any atom is -0.435 e. The first kappa shape index (κ1) is 88.8. The van der Waals surface area contributed by atoms with Gasteiger partial charge in [-0.15, -0.1) is 0 Å². The molecular formula is C117H102N22O5. The summed E-state index contributed by atoms with van der Waals surface area (Å²) in [4.78, 5) is 77.8. The maximum Gasteiger partial charge on any atom is 0.227 e. The highest BCUT2D eigenvalue weighted by molar-refractivity contribution is 6.15. The zero-order valence-corrected chi connectivity index (χ0v) is 82.0. The van der Waals surface area contributed by atoms with Crippen LogP contribution < -0.4 is 49.0 Å². The van der Waals surface area contributed by atoms with Gasteiger partial charge in [-0.05, 0) is 258 Å². The first-order valence-corrected chi connectivity index (χ1v) is 48.7. The van der Waals surface area contributed by atoms with Crippen molar-refractivity contribution in [1.82, 2.24) is 59.8 Å². The molecule has 23 aromatic rings.